The maximum Gasteiger partial charge on any atom is 0.296 e. The molecule has 1 aromatic carbocycles. The van der Waals surface area contributed by atoms with Crippen LogP contribution >= 0.6 is 0 Å². The van der Waals surface area contributed by atoms with E-state index in [0.717, 1.165) is 16.9 Å². The SMILES string of the molecule is C[C@H](c1nc(C(=O)Nc2cnoc2)c(O)c(=O)n1C)[C@H](c1cc(F)ccc1C#N)c1cn(C)nc1C#N. The Morgan fingerprint density at radius 1 is 1.24 bits per heavy atom. The van der Waals surface area contributed by atoms with Gasteiger partial charge >= 0.3 is 0 Å². The van der Waals surface area contributed by atoms with Crippen LogP contribution in [0, 0.1) is 28.5 Å². The molecular weight excluding hydrogens is 483 g/mol. The van der Waals surface area contributed by atoms with Gasteiger partial charge in [-0.1, -0.05) is 12.1 Å². The van der Waals surface area contributed by atoms with E-state index < -0.39 is 40.6 Å². The number of aryl methyl sites for hydroxylation is 1. The highest BCUT2D eigenvalue weighted by Gasteiger charge is 2.33. The van der Waals surface area contributed by atoms with Gasteiger partial charge in [-0.15, -0.1) is 0 Å². The monoisotopic (exact) mass is 502 g/mol. The molecule has 3 aromatic heterocycles. The van der Waals surface area contributed by atoms with Crippen LogP contribution in [0.25, 0.3) is 0 Å². The number of nitriles is 2. The van der Waals surface area contributed by atoms with E-state index in [4.69, 9.17) is 0 Å². The van der Waals surface area contributed by atoms with Crippen LogP contribution in [-0.2, 0) is 14.1 Å². The first-order chi connectivity index (χ1) is 17.7. The molecule has 0 fully saturated rings. The zero-order valence-electron chi connectivity index (χ0n) is 19.8. The van der Waals surface area contributed by atoms with Gasteiger partial charge in [-0.05, 0) is 23.8 Å². The van der Waals surface area contributed by atoms with Crippen molar-refractivity contribution in [1.29, 1.82) is 10.5 Å². The number of nitrogens with zero attached hydrogens (tertiary/aromatic N) is 7. The lowest BCUT2D eigenvalue weighted by atomic mass is 9.79. The van der Waals surface area contributed by atoms with Crippen molar-refractivity contribution in [2.45, 2.75) is 18.8 Å². The molecule has 0 saturated carbocycles. The number of aromatic nitrogens is 5. The van der Waals surface area contributed by atoms with Crippen LogP contribution in [-0.4, -0.2) is 35.5 Å². The number of hydrogen-bond acceptors (Lipinski definition) is 9. The van der Waals surface area contributed by atoms with Crippen molar-refractivity contribution < 1.29 is 18.8 Å². The van der Waals surface area contributed by atoms with Gasteiger partial charge in [-0.3, -0.25) is 18.8 Å². The minimum atomic E-state index is -0.905. The molecule has 0 saturated heterocycles. The minimum Gasteiger partial charge on any atom is -0.501 e. The zero-order valence-corrected chi connectivity index (χ0v) is 19.8. The quantitative estimate of drug-likeness (QED) is 0.400. The van der Waals surface area contributed by atoms with Crippen LogP contribution in [0.5, 0.6) is 5.75 Å². The predicted octanol–water partition coefficient (Wildman–Crippen LogP) is 2.28. The summed E-state index contributed by atoms with van der Waals surface area (Å²) in [5.74, 6) is -4.06. The number of amides is 1. The molecule has 0 bridgehead atoms. The van der Waals surface area contributed by atoms with Crippen molar-refractivity contribution in [3.63, 3.8) is 0 Å². The summed E-state index contributed by atoms with van der Waals surface area (Å²) >= 11 is 0. The number of nitrogens with one attached hydrogen (secondary N) is 1. The summed E-state index contributed by atoms with van der Waals surface area (Å²) in [6, 6.07) is 7.65. The fourth-order valence-electron chi connectivity index (χ4n) is 4.20. The summed E-state index contributed by atoms with van der Waals surface area (Å²) in [4.78, 5) is 30.0. The molecule has 3 heterocycles. The molecule has 4 rings (SSSR count). The van der Waals surface area contributed by atoms with Crippen LogP contribution in [0.4, 0.5) is 10.1 Å². The Hall–Kier alpha value is -5.30. The molecule has 0 aliphatic rings. The molecule has 4 aromatic rings. The number of anilines is 1. The lowest BCUT2D eigenvalue weighted by molar-refractivity contribution is 0.101. The summed E-state index contributed by atoms with van der Waals surface area (Å²) < 4.78 is 21.5. The molecule has 1 amide bonds. The summed E-state index contributed by atoms with van der Waals surface area (Å²) in [7, 11) is 2.95. The Kier molecular flexibility index (Phi) is 6.54. The van der Waals surface area contributed by atoms with Crippen LogP contribution in [0.2, 0.25) is 0 Å². The van der Waals surface area contributed by atoms with Gasteiger partial charge in [0, 0.05) is 37.7 Å². The first-order valence-corrected chi connectivity index (χ1v) is 10.8. The van der Waals surface area contributed by atoms with Crippen molar-refractivity contribution >= 4 is 11.6 Å². The third kappa shape index (κ3) is 4.53. The number of rotatable bonds is 6. The average molecular weight is 502 g/mol. The molecular formula is C24H19FN8O4. The lowest BCUT2D eigenvalue weighted by Crippen LogP contribution is -2.29. The fourth-order valence-corrected chi connectivity index (χ4v) is 4.20. The fraction of sp³-hybridized carbons (Fsp3) is 0.208. The van der Waals surface area contributed by atoms with Crippen LogP contribution in [0.3, 0.4) is 0 Å². The Balaban J connectivity index is 1.93. The molecule has 0 aliphatic carbocycles. The van der Waals surface area contributed by atoms with Gasteiger partial charge in [0.2, 0.25) is 5.75 Å². The van der Waals surface area contributed by atoms with Crippen molar-refractivity contribution in [1.82, 2.24) is 24.5 Å². The third-order valence-electron chi connectivity index (χ3n) is 5.88. The number of halogens is 1. The summed E-state index contributed by atoms with van der Waals surface area (Å²) in [5, 5.41) is 39.9. The van der Waals surface area contributed by atoms with E-state index in [0.29, 0.717) is 5.56 Å². The molecule has 0 aliphatic heterocycles. The number of carbonyl (C=O) groups is 1. The second kappa shape index (κ2) is 9.75. The predicted molar refractivity (Wildman–Crippen MR) is 125 cm³/mol. The summed E-state index contributed by atoms with van der Waals surface area (Å²) in [6.45, 7) is 1.64. The summed E-state index contributed by atoms with van der Waals surface area (Å²) in [6.07, 6.45) is 3.92. The largest absolute Gasteiger partial charge is 0.501 e. The zero-order chi connectivity index (χ0) is 26.9. The Morgan fingerprint density at radius 2 is 2.00 bits per heavy atom. The highest BCUT2D eigenvalue weighted by Crippen LogP contribution is 2.40. The Morgan fingerprint density at radius 3 is 2.65 bits per heavy atom. The van der Waals surface area contributed by atoms with E-state index in [9.17, 15) is 29.6 Å². The minimum absolute atomic E-state index is 0.0294. The lowest BCUT2D eigenvalue weighted by Gasteiger charge is -2.26. The number of benzene rings is 1. The van der Waals surface area contributed by atoms with Crippen LogP contribution in [0.1, 0.15) is 57.5 Å². The molecule has 2 N–H and O–H groups in total. The first-order valence-electron chi connectivity index (χ1n) is 10.8. The van der Waals surface area contributed by atoms with E-state index >= 15 is 0 Å². The second-order valence-corrected chi connectivity index (χ2v) is 8.23. The molecule has 2 atom stereocenters. The van der Waals surface area contributed by atoms with E-state index in [1.165, 1.54) is 30.1 Å². The second-order valence-electron chi connectivity index (χ2n) is 8.23. The van der Waals surface area contributed by atoms with Gasteiger partial charge < -0.3 is 14.9 Å². The van der Waals surface area contributed by atoms with Crippen molar-refractivity contribution in [3.8, 4) is 17.9 Å². The standard InChI is InChI=1S/C24H19FN8O4/c1-12(22-30-20(21(34)24(36)33(22)3)23(35)29-15-9-28-37-11-15)19(17-10-32(2)31-18(17)8-27)16-6-14(25)5-4-13(16)7-26/h4-6,9-12,19,34H,1-3H3,(H,29,35)/t12-,19+/m0/s1. The molecule has 12 nitrogen and oxygen atoms in total. The van der Waals surface area contributed by atoms with Gasteiger partial charge in [-0.25, -0.2) is 9.37 Å². The first kappa shape index (κ1) is 24.8. The molecule has 0 spiro atoms. The Labute approximate surface area is 208 Å². The van der Waals surface area contributed by atoms with Crippen molar-refractivity contribution in [2.75, 3.05) is 5.32 Å². The number of aromatic hydroxyl groups is 1. The summed E-state index contributed by atoms with van der Waals surface area (Å²) in [5.41, 5.74) is -0.530. The van der Waals surface area contributed by atoms with Crippen molar-refractivity contribution in [3.05, 3.63) is 86.9 Å². The van der Waals surface area contributed by atoms with Crippen LogP contribution < -0.4 is 10.9 Å². The van der Waals surface area contributed by atoms with Gasteiger partial charge in [0.05, 0.1) is 17.8 Å². The van der Waals surface area contributed by atoms with Gasteiger partial charge in [0.25, 0.3) is 11.5 Å². The highest BCUT2D eigenvalue weighted by molar-refractivity contribution is 6.04. The van der Waals surface area contributed by atoms with E-state index in [-0.39, 0.29) is 28.3 Å². The Bertz CT molecular complexity index is 1640. The van der Waals surface area contributed by atoms with Gasteiger partial charge in [-0.2, -0.15) is 15.6 Å². The third-order valence-corrected chi connectivity index (χ3v) is 5.88. The molecule has 37 heavy (non-hydrogen) atoms. The van der Waals surface area contributed by atoms with E-state index in [1.54, 1.807) is 20.2 Å². The van der Waals surface area contributed by atoms with Gasteiger partial charge in [0.15, 0.2) is 11.4 Å². The maximum absolute atomic E-state index is 14.4. The molecule has 0 unspecified atom stereocenters. The molecule has 186 valence electrons. The maximum atomic E-state index is 14.4. The number of carbonyl (C=O) groups excluding carboxylic acids is 1. The van der Waals surface area contributed by atoms with E-state index in [2.05, 4.69) is 25.1 Å². The van der Waals surface area contributed by atoms with Crippen molar-refractivity contribution in [2.24, 2.45) is 14.1 Å². The smallest absolute Gasteiger partial charge is 0.296 e. The number of hydrogen-bond donors (Lipinski definition) is 2. The topological polar surface area (TPSA) is 176 Å². The van der Waals surface area contributed by atoms with Crippen LogP contribution in [0.15, 0.2) is 46.2 Å². The van der Waals surface area contributed by atoms with E-state index in [1.807, 2.05) is 12.1 Å². The molecule has 13 heteroatoms. The average Bonchev–Trinajstić information content (AvgIpc) is 3.52. The normalized spacial score (nSPS) is 12.4. The highest BCUT2D eigenvalue weighted by atomic mass is 19.1. The van der Waals surface area contributed by atoms with Gasteiger partial charge in [0.1, 0.15) is 29.7 Å². The molecule has 0 radical (unpaired) electrons.